The summed E-state index contributed by atoms with van der Waals surface area (Å²) in [7, 11) is 0. The van der Waals surface area contributed by atoms with Crippen molar-refractivity contribution in [1.29, 1.82) is 5.26 Å². The molecule has 13 heavy (non-hydrogen) atoms. The molecule has 1 aromatic rings. The zero-order valence-electron chi connectivity index (χ0n) is 7.40. The van der Waals surface area contributed by atoms with Gasteiger partial charge >= 0.3 is 0 Å². The highest BCUT2D eigenvalue weighted by molar-refractivity contribution is 5.19. The van der Waals surface area contributed by atoms with Crippen molar-refractivity contribution in [3.05, 3.63) is 18.0 Å². The first-order valence-corrected chi connectivity index (χ1v) is 4.56. The zero-order chi connectivity index (χ0) is 9.10. The molecule has 4 heteroatoms. The lowest BCUT2D eigenvalue weighted by Gasteiger charge is -2.23. The van der Waals surface area contributed by atoms with Crippen LogP contribution in [-0.4, -0.2) is 22.9 Å². The predicted octanol–water partition coefficient (Wildman–Crippen LogP) is 0.679. The van der Waals surface area contributed by atoms with Crippen LogP contribution in [0.2, 0.25) is 0 Å². The van der Waals surface area contributed by atoms with E-state index in [9.17, 15) is 0 Å². The summed E-state index contributed by atoms with van der Waals surface area (Å²) in [6.07, 6.45) is 3.96. The van der Waals surface area contributed by atoms with Crippen molar-refractivity contribution in [2.75, 3.05) is 13.1 Å². The summed E-state index contributed by atoms with van der Waals surface area (Å²) in [5.41, 5.74) is 0.661. The second-order valence-electron chi connectivity index (χ2n) is 3.27. The minimum absolute atomic E-state index is 0.360. The first-order valence-electron chi connectivity index (χ1n) is 4.56. The molecule has 1 aromatic heterocycles. The molecule has 0 aromatic carbocycles. The third-order valence-electron chi connectivity index (χ3n) is 2.40. The van der Waals surface area contributed by atoms with Crippen LogP contribution in [0, 0.1) is 11.3 Å². The standard InChI is InChI=1S/C9H12N4/c10-6-8-3-5-12-13(8)9-2-1-4-11-7-9/h3,5,9,11H,1-2,4,7H2. The van der Waals surface area contributed by atoms with Crippen LogP contribution in [0.25, 0.3) is 0 Å². The smallest absolute Gasteiger partial charge is 0.138 e. The van der Waals surface area contributed by atoms with E-state index in [0.29, 0.717) is 11.7 Å². The van der Waals surface area contributed by atoms with Crippen molar-refractivity contribution in [2.24, 2.45) is 0 Å². The maximum absolute atomic E-state index is 8.81. The highest BCUT2D eigenvalue weighted by atomic mass is 15.3. The van der Waals surface area contributed by atoms with Gasteiger partial charge in [-0.1, -0.05) is 0 Å². The lowest BCUT2D eigenvalue weighted by atomic mass is 10.1. The van der Waals surface area contributed by atoms with Crippen molar-refractivity contribution in [1.82, 2.24) is 15.1 Å². The second-order valence-corrected chi connectivity index (χ2v) is 3.27. The van der Waals surface area contributed by atoms with Gasteiger partial charge in [0.1, 0.15) is 11.8 Å². The zero-order valence-corrected chi connectivity index (χ0v) is 7.40. The normalized spacial score (nSPS) is 22.5. The van der Waals surface area contributed by atoms with Crippen LogP contribution in [0.15, 0.2) is 12.3 Å². The molecular formula is C9H12N4. The molecule has 1 atom stereocenters. The Morgan fingerprint density at radius 2 is 2.62 bits per heavy atom. The third kappa shape index (κ3) is 1.56. The van der Waals surface area contributed by atoms with Gasteiger partial charge in [-0.2, -0.15) is 10.4 Å². The van der Waals surface area contributed by atoms with Crippen LogP contribution in [0.3, 0.4) is 0 Å². The number of hydrogen-bond acceptors (Lipinski definition) is 3. The minimum atomic E-state index is 0.360. The quantitative estimate of drug-likeness (QED) is 0.684. The van der Waals surface area contributed by atoms with E-state index in [0.717, 1.165) is 25.9 Å². The van der Waals surface area contributed by atoms with Gasteiger partial charge in [0.15, 0.2) is 0 Å². The molecule has 0 bridgehead atoms. The van der Waals surface area contributed by atoms with E-state index in [1.807, 2.05) is 4.68 Å². The maximum atomic E-state index is 8.81. The van der Waals surface area contributed by atoms with Crippen LogP contribution < -0.4 is 5.32 Å². The molecule has 0 saturated carbocycles. The summed E-state index contributed by atoms with van der Waals surface area (Å²) in [5.74, 6) is 0. The lowest BCUT2D eigenvalue weighted by Crippen LogP contribution is -2.32. The first-order chi connectivity index (χ1) is 6.42. The van der Waals surface area contributed by atoms with E-state index in [4.69, 9.17) is 5.26 Å². The molecule has 2 rings (SSSR count). The number of nitrogens with one attached hydrogen (secondary N) is 1. The van der Waals surface area contributed by atoms with Crippen molar-refractivity contribution < 1.29 is 0 Å². The number of hydrogen-bond donors (Lipinski definition) is 1. The van der Waals surface area contributed by atoms with Crippen molar-refractivity contribution in [3.63, 3.8) is 0 Å². The average Bonchev–Trinajstić information content (AvgIpc) is 2.67. The molecule has 0 amide bonds. The van der Waals surface area contributed by atoms with Crippen LogP contribution in [0.5, 0.6) is 0 Å². The summed E-state index contributed by atoms with van der Waals surface area (Å²) in [6.45, 7) is 2.01. The second kappa shape index (κ2) is 3.58. The number of nitriles is 1. The molecule has 1 N–H and O–H groups in total. The molecule has 1 saturated heterocycles. The van der Waals surface area contributed by atoms with E-state index in [2.05, 4.69) is 16.5 Å². The van der Waals surface area contributed by atoms with E-state index in [1.54, 1.807) is 12.3 Å². The summed E-state index contributed by atoms with van der Waals surface area (Å²) in [6, 6.07) is 4.26. The average molecular weight is 176 g/mol. The highest BCUT2D eigenvalue weighted by Gasteiger charge is 2.17. The molecule has 1 aliphatic rings. The highest BCUT2D eigenvalue weighted by Crippen LogP contribution is 2.16. The number of nitrogens with zero attached hydrogens (tertiary/aromatic N) is 3. The summed E-state index contributed by atoms with van der Waals surface area (Å²) >= 11 is 0. The first kappa shape index (κ1) is 8.27. The minimum Gasteiger partial charge on any atom is -0.315 e. The summed E-state index contributed by atoms with van der Waals surface area (Å²) in [4.78, 5) is 0. The summed E-state index contributed by atoms with van der Waals surface area (Å²) < 4.78 is 1.83. The fraction of sp³-hybridized carbons (Fsp3) is 0.556. The summed E-state index contributed by atoms with van der Waals surface area (Å²) in [5, 5.41) is 16.3. The molecule has 0 aliphatic carbocycles. The molecule has 2 heterocycles. The fourth-order valence-electron chi connectivity index (χ4n) is 1.74. The number of rotatable bonds is 1. The van der Waals surface area contributed by atoms with E-state index < -0.39 is 0 Å². The monoisotopic (exact) mass is 176 g/mol. The van der Waals surface area contributed by atoms with Crippen LogP contribution >= 0.6 is 0 Å². The van der Waals surface area contributed by atoms with E-state index >= 15 is 0 Å². The molecule has 1 unspecified atom stereocenters. The Kier molecular flexibility index (Phi) is 2.28. The molecule has 0 radical (unpaired) electrons. The topological polar surface area (TPSA) is 53.6 Å². The van der Waals surface area contributed by atoms with E-state index in [-0.39, 0.29) is 0 Å². The van der Waals surface area contributed by atoms with Crippen LogP contribution in [0.1, 0.15) is 24.6 Å². The molecule has 1 fully saturated rings. The Morgan fingerprint density at radius 1 is 1.69 bits per heavy atom. The van der Waals surface area contributed by atoms with Gasteiger partial charge in [-0.15, -0.1) is 0 Å². The third-order valence-corrected chi connectivity index (χ3v) is 2.40. The van der Waals surface area contributed by atoms with Crippen LogP contribution in [0.4, 0.5) is 0 Å². The molecule has 0 spiro atoms. The Morgan fingerprint density at radius 3 is 3.31 bits per heavy atom. The largest absolute Gasteiger partial charge is 0.315 e. The SMILES string of the molecule is N#Cc1ccnn1C1CCCNC1. The van der Waals surface area contributed by atoms with Gasteiger partial charge in [-0.05, 0) is 25.5 Å². The van der Waals surface area contributed by atoms with Gasteiger partial charge in [-0.25, -0.2) is 0 Å². The molecular weight excluding hydrogens is 164 g/mol. The van der Waals surface area contributed by atoms with Gasteiger partial charge in [-0.3, -0.25) is 4.68 Å². The van der Waals surface area contributed by atoms with Gasteiger partial charge in [0, 0.05) is 6.54 Å². The Labute approximate surface area is 77.2 Å². The van der Waals surface area contributed by atoms with Gasteiger partial charge in [0.2, 0.25) is 0 Å². The molecule has 1 aliphatic heterocycles. The van der Waals surface area contributed by atoms with Gasteiger partial charge in [0.05, 0.1) is 12.2 Å². The van der Waals surface area contributed by atoms with Crippen molar-refractivity contribution >= 4 is 0 Å². The fourth-order valence-corrected chi connectivity index (χ4v) is 1.74. The predicted molar refractivity (Wildman–Crippen MR) is 48.1 cm³/mol. The van der Waals surface area contributed by atoms with E-state index in [1.165, 1.54) is 0 Å². The van der Waals surface area contributed by atoms with Crippen molar-refractivity contribution in [2.45, 2.75) is 18.9 Å². The van der Waals surface area contributed by atoms with Crippen molar-refractivity contribution in [3.8, 4) is 6.07 Å². The number of piperidine rings is 1. The van der Waals surface area contributed by atoms with Gasteiger partial charge < -0.3 is 5.32 Å². The Bertz CT molecular complexity index is 317. The maximum Gasteiger partial charge on any atom is 0.138 e. The molecule has 4 nitrogen and oxygen atoms in total. The Balaban J connectivity index is 2.19. The molecule has 68 valence electrons. The Hall–Kier alpha value is -1.34. The van der Waals surface area contributed by atoms with Crippen LogP contribution in [-0.2, 0) is 0 Å². The van der Waals surface area contributed by atoms with Gasteiger partial charge in [0.25, 0.3) is 0 Å². The lowest BCUT2D eigenvalue weighted by molar-refractivity contribution is 0.345. The number of aromatic nitrogens is 2.